The third kappa shape index (κ3) is 5.00. The second-order valence-electron chi connectivity index (χ2n) is 9.81. The number of pyridine rings is 2. The molecule has 200 valence electrons. The van der Waals surface area contributed by atoms with Crippen LogP contribution in [0.2, 0.25) is 0 Å². The Labute approximate surface area is 220 Å². The molecular weight excluding hydrogens is 486 g/mol. The van der Waals surface area contributed by atoms with Gasteiger partial charge in [0.25, 0.3) is 5.56 Å². The molecule has 3 N–H and O–H groups in total. The van der Waals surface area contributed by atoms with Crippen LogP contribution in [0.25, 0.3) is 16.8 Å². The molecule has 1 saturated heterocycles. The van der Waals surface area contributed by atoms with Crippen LogP contribution >= 0.6 is 0 Å². The topological polar surface area (TPSA) is 134 Å². The maximum atomic E-state index is 13.7. The second-order valence-corrected chi connectivity index (χ2v) is 9.81. The fourth-order valence-corrected chi connectivity index (χ4v) is 5.52. The van der Waals surface area contributed by atoms with E-state index in [-0.39, 0.29) is 17.6 Å². The summed E-state index contributed by atoms with van der Waals surface area (Å²) < 4.78 is 7.42. The van der Waals surface area contributed by atoms with Crippen molar-refractivity contribution >= 4 is 40.3 Å². The van der Waals surface area contributed by atoms with E-state index in [1.54, 1.807) is 17.0 Å². The number of fused-ring (bicyclic) bond motifs is 1. The number of rotatable bonds is 8. The molecule has 5 rings (SSSR count). The van der Waals surface area contributed by atoms with Crippen molar-refractivity contribution in [2.75, 3.05) is 29.9 Å². The summed E-state index contributed by atoms with van der Waals surface area (Å²) in [4.78, 5) is 40.5. The Morgan fingerprint density at radius 1 is 1.21 bits per heavy atom. The van der Waals surface area contributed by atoms with Crippen LogP contribution in [0, 0.1) is 6.92 Å². The summed E-state index contributed by atoms with van der Waals surface area (Å²) in [5.41, 5.74) is 2.62. The Balaban J connectivity index is 1.43. The number of ether oxygens (including phenoxy) is 1. The minimum Gasteiger partial charge on any atom is -0.494 e. The van der Waals surface area contributed by atoms with Crippen molar-refractivity contribution in [1.29, 1.82) is 0 Å². The summed E-state index contributed by atoms with van der Waals surface area (Å²) in [6, 6.07) is 3.75. The predicted octanol–water partition coefficient (Wildman–Crippen LogP) is 4.21. The number of carboxylic acid groups (broad SMARTS) is 1. The fraction of sp³-hybridized carbons (Fsp3) is 0.444. The Morgan fingerprint density at radius 3 is 2.68 bits per heavy atom. The summed E-state index contributed by atoms with van der Waals surface area (Å²) in [6.45, 7) is 9.55. The SMILES string of the molecule is C=C(OCC)c1c(C)c2cnc(Nc3ccc(N4CCC(NC(=O)O)C4)cn3)nc2n(C2CCCC2)c1=O. The number of hydrogen-bond acceptors (Lipinski definition) is 8. The van der Waals surface area contributed by atoms with E-state index in [0.29, 0.717) is 41.9 Å². The lowest BCUT2D eigenvalue weighted by atomic mass is 10.0. The summed E-state index contributed by atoms with van der Waals surface area (Å²) >= 11 is 0. The highest BCUT2D eigenvalue weighted by Gasteiger charge is 2.26. The molecular formula is C27H33N7O4. The first-order valence-corrected chi connectivity index (χ1v) is 13.1. The Bertz CT molecular complexity index is 1410. The van der Waals surface area contributed by atoms with Gasteiger partial charge in [0.2, 0.25) is 5.95 Å². The molecule has 4 heterocycles. The Kier molecular flexibility index (Phi) is 7.17. The minimum atomic E-state index is -1.01. The maximum Gasteiger partial charge on any atom is 0.404 e. The molecule has 1 aliphatic carbocycles. The summed E-state index contributed by atoms with van der Waals surface area (Å²) in [6.07, 6.45) is 7.23. The van der Waals surface area contributed by atoms with Crippen LogP contribution in [-0.2, 0) is 4.74 Å². The predicted molar refractivity (Wildman–Crippen MR) is 146 cm³/mol. The lowest BCUT2D eigenvalue weighted by Gasteiger charge is -2.21. The van der Waals surface area contributed by atoms with Crippen molar-refractivity contribution in [3.63, 3.8) is 0 Å². The van der Waals surface area contributed by atoms with E-state index in [1.807, 2.05) is 26.0 Å². The third-order valence-electron chi connectivity index (χ3n) is 7.36. The van der Waals surface area contributed by atoms with Crippen molar-refractivity contribution in [2.45, 2.75) is 58.0 Å². The van der Waals surface area contributed by atoms with Gasteiger partial charge in [-0.2, -0.15) is 4.98 Å². The molecule has 38 heavy (non-hydrogen) atoms. The van der Waals surface area contributed by atoms with Crippen LogP contribution in [0.5, 0.6) is 0 Å². The van der Waals surface area contributed by atoms with Crippen LogP contribution in [-0.4, -0.2) is 56.5 Å². The summed E-state index contributed by atoms with van der Waals surface area (Å²) in [7, 11) is 0. The van der Waals surface area contributed by atoms with E-state index in [9.17, 15) is 9.59 Å². The summed E-state index contributed by atoms with van der Waals surface area (Å²) in [5, 5.41) is 15.4. The average molecular weight is 520 g/mol. The van der Waals surface area contributed by atoms with Gasteiger partial charge in [0, 0.05) is 30.7 Å². The van der Waals surface area contributed by atoms with Crippen molar-refractivity contribution in [2.24, 2.45) is 0 Å². The highest BCUT2D eigenvalue weighted by molar-refractivity contribution is 5.84. The first-order chi connectivity index (χ1) is 18.4. The van der Waals surface area contributed by atoms with E-state index in [2.05, 4.69) is 32.1 Å². The molecule has 0 aromatic carbocycles. The molecule has 2 fully saturated rings. The molecule has 0 radical (unpaired) electrons. The number of anilines is 3. The third-order valence-corrected chi connectivity index (χ3v) is 7.36. The van der Waals surface area contributed by atoms with Crippen LogP contribution in [0.15, 0.2) is 35.9 Å². The molecule has 0 spiro atoms. The van der Waals surface area contributed by atoms with Crippen LogP contribution in [0.3, 0.4) is 0 Å². The van der Waals surface area contributed by atoms with E-state index in [4.69, 9.17) is 14.8 Å². The van der Waals surface area contributed by atoms with Gasteiger partial charge in [0.05, 0.1) is 30.1 Å². The molecule has 11 heteroatoms. The van der Waals surface area contributed by atoms with Crippen LogP contribution < -0.4 is 21.1 Å². The Hall–Kier alpha value is -4.15. The zero-order valence-electron chi connectivity index (χ0n) is 21.7. The van der Waals surface area contributed by atoms with Gasteiger partial charge in [-0.25, -0.2) is 14.8 Å². The van der Waals surface area contributed by atoms with Crippen molar-refractivity contribution in [1.82, 2.24) is 24.8 Å². The standard InChI is InChI=1S/C27H33N7O4/c1-4-38-17(3)23-16(2)21-14-29-26(32-24(21)34(25(23)35)19-7-5-6-8-19)31-22-10-9-20(13-28-22)33-12-11-18(15-33)30-27(36)37/h9-10,13-14,18-19,30H,3-8,11-12,15H2,1-2H3,(H,36,37)(H,28,29,31,32). The van der Waals surface area contributed by atoms with Gasteiger partial charge in [-0.05, 0) is 50.8 Å². The van der Waals surface area contributed by atoms with Gasteiger partial charge in [-0.15, -0.1) is 0 Å². The first kappa shape index (κ1) is 25.5. The van der Waals surface area contributed by atoms with Gasteiger partial charge in [-0.3, -0.25) is 9.36 Å². The van der Waals surface area contributed by atoms with Crippen molar-refractivity contribution in [3.05, 3.63) is 52.6 Å². The zero-order chi connectivity index (χ0) is 26.8. The monoisotopic (exact) mass is 519 g/mol. The molecule has 3 aromatic rings. The molecule has 11 nitrogen and oxygen atoms in total. The average Bonchev–Trinajstić information content (AvgIpc) is 3.57. The van der Waals surface area contributed by atoms with E-state index >= 15 is 0 Å². The number of nitrogens with zero attached hydrogens (tertiary/aromatic N) is 5. The molecule has 3 aromatic heterocycles. The maximum absolute atomic E-state index is 13.7. The molecule has 2 aliphatic rings. The molecule has 1 unspecified atom stereocenters. The number of aromatic nitrogens is 4. The van der Waals surface area contributed by atoms with E-state index < -0.39 is 6.09 Å². The van der Waals surface area contributed by atoms with Crippen LogP contribution in [0.4, 0.5) is 22.2 Å². The minimum absolute atomic E-state index is 0.0684. The number of carbonyl (C=O) groups is 1. The molecule has 1 atom stereocenters. The fourth-order valence-electron chi connectivity index (χ4n) is 5.52. The largest absolute Gasteiger partial charge is 0.494 e. The molecule has 1 amide bonds. The van der Waals surface area contributed by atoms with E-state index in [0.717, 1.165) is 55.3 Å². The summed E-state index contributed by atoms with van der Waals surface area (Å²) in [5.74, 6) is 1.30. The van der Waals surface area contributed by atoms with Crippen molar-refractivity contribution in [3.8, 4) is 0 Å². The number of amides is 1. The van der Waals surface area contributed by atoms with Gasteiger partial charge in [-0.1, -0.05) is 19.4 Å². The molecule has 1 saturated carbocycles. The number of hydrogen-bond donors (Lipinski definition) is 3. The second kappa shape index (κ2) is 10.7. The molecule has 0 bridgehead atoms. The smallest absolute Gasteiger partial charge is 0.404 e. The van der Waals surface area contributed by atoms with Crippen LogP contribution in [0.1, 0.15) is 56.2 Å². The molecule has 1 aliphatic heterocycles. The lowest BCUT2D eigenvalue weighted by molar-refractivity contribution is 0.191. The van der Waals surface area contributed by atoms with Gasteiger partial charge < -0.3 is 25.4 Å². The van der Waals surface area contributed by atoms with Gasteiger partial charge >= 0.3 is 6.09 Å². The lowest BCUT2D eigenvalue weighted by Crippen LogP contribution is -2.36. The quantitative estimate of drug-likeness (QED) is 0.374. The first-order valence-electron chi connectivity index (χ1n) is 13.1. The zero-order valence-corrected chi connectivity index (χ0v) is 21.7. The Morgan fingerprint density at radius 2 is 2.00 bits per heavy atom. The highest BCUT2D eigenvalue weighted by Crippen LogP contribution is 2.33. The van der Waals surface area contributed by atoms with Gasteiger partial charge in [0.1, 0.15) is 17.2 Å². The van der Waals surface area contributed by atoms with E-state index in [1.165, 1.54) is 0 Å². The normalized spacial score (nSPS) is 17.6. The number of aryl methyl sites for hydroxylation is 1. The highest BCUT2D eigenvalue weighted by atomic mass is 16.5. The number of nitrogens with one attached hydrogen (secondary N) is 2. The van der Waals surface area contributed by atoms with Crippen molar-refractivity contribution < 1.29 is 14.6 Å². The van der Waals surface area contributed by atoms with Gasteiger partial charge in [0.15, 0.2) is 0 Å².